The molecule has 1 N–H and O–H groups in total. The van der Waals surface area contributed by atoms with E-state index in [9.17, 15) is 9.59 Å². The molecule has 4 rings (SSSR count). The Kier molecular flexibility index (Phi) is 7.17. The minimum Gasteiger partial charge on any atom is -0.456 e. The monoisotopic (exact) mass is 464 g/mol. The topological polar surface area (TPSA) is 111 Å². The SMILES string of the molecule is Cn1cc(-c2cc(Oc3ccc(NC(=O)N(C=O)CCC4(C)CCOCC4)nc3)ccn2)cn1. The van der Waals surface area contributed by atoms with E-state index >= 15 is 0 Å². The van der Waals surface area contributed by atoms with Crippen molar-refractivity contribution < 1.29 is 19.1 Å². The summed E-state index contributed by atoms with van der Waals surface area (Å²) in [6.07, 6.45) is 9.91. The summed E-state index contributed by atoms with van der Waals surface area (Å²) in [4.78, 5) is 33.8. The molecule has 10 nitrogen and oxygen atoms in total. The van der Waals surface area contributed by atoms with E-state index in [0.29, 0.717) is 43.5 Å². The number of amides is 3. The van der Waals surface area contributed by atoms with Crippen molar-refractivity contribution in [3.8, 4) is 22.8 Å². The van der Waals surface area contributed by atoms with E-state index in [-0.39, 0.29) is 5.41 Å². The molecule has 4 heterocycles. The molecule has 3 aromatic rings. The van der Waals surface area contributed by atoms with Gasteiger partial charge >= 0.3 is 6.03 Å². The fourth-order valence-electron chi connectivity index (χ4n) is 3.72. The summed E-state index contributed by atoms with van der Waals surface area (Å²) in [6.45, 7) is 3.94. The molecule has 10 heteroatoms. The number of aryl methyl sites for hydroxylation is 1. The Balaban J connectivity index is 1.33. The summed E-state index contributed by atoms with van der Waals surface area (Å²) < 4.78 is 13.0. The van der Waals surface area contributed by atoms with Crippen LogP contribution in [-0.2, 0) is 16.6 Å². The Morgan fingerprint density at radius 3 is 2.74 bits per heavy atom. The van der Waals surface area contributed by atoms with Gasteiger partial charge in [0.2, 0.25) is 6.41 Å². The number of nitrogens with one attached hydrogen (secondary N) is 1. The molecule has 1 aliphatic rings. The molecule has 0 bridgehead atoms. The van der Waals surface area contributed by atoms with Crippen LogP contribution in [0.25, 0.3) is 11.3 Å². The zero-order valence-corrected chi connectivity index (χ0v) is 19.3. The number of hydrogen-bond donors (Lipinski definition) is 1. The Bertz CT molecular complexity index is 1120. The second-order valence-electron chi connectivity index (χ2n) is 8.66. The molecule has 178 valence electrons. The summed E-state index contributed by atoms with van der Waals surface area (Å²) >= 11 is 0. The highest BCUT2D eigenvalue weighted by molar-refractivity contribution is 5.94. The van der Waals surface area contributed by atoms with E-state index < -0.39 is 6.03 Å². The van der Waals surface area contributed by atoms with Crippen LogP contribution < -0.4 is 10.1 Å². The van der Waals surface area contributed by atoms with Gasteiger partial charge in [0.25, 0.3) is 0 Å². The molecular formula is C24H28N6O4. The van der Waals surface area contributed by atoms with Crippen molar-refractivity contribution in [3.63, 3.8) is 0 Å². The minimum absolute atomic E-state index is 0.0703. The first-order valence-electron chi connectivity index (χ1n) is 11.1. The van der Waals surface area contributed by atoms with Crippen LogP contribution in [0.5, 0.6) is 11.5 Å². The number of hydrogen-bond acceptors (Lipinski definition) is 7. The van der Waals surface area contributed by atoms with E-state index in [2.05, 4.69) is 27.3 Å². The average Bonchev–Trinajstić information content (AvgIpc) is 3.28. The lowest BCUT2D eigenvalue weighted by Gasteiger charge is -2.34. The second-order valence-corrected chi connectivity index (χ2v) is 8.66. The molecule has 0 spiro atoms. The van der Waals surface area contributed by atoms with Gasteiger partial charge in [-0.3, -0.25) is 24.7 Å². The Labute approximate surface area is 197 Å². The maximum absolute atomic E-state index is 12.5. The van der Waals surface area contributed by atoms with Gasteiger partial charge in [-0.25, -0.2) is 9.78 Å². The van der Waals surface area contributed by atoms with Crippen LogP contribution in [0.2, 0.25) is 0 Å². The highest BCUT2D eigenvalue weighted by Gasteiger charge is 2.28. The Morgan fingerprint density at radius 1 is 1.24 bits per heavy atom. The first kappa shape index (κ1) is 23.4. The maximum Gasteiger partial charge on any atom is 0.329 e. The van der Waals surface area contributed by atoms with Gasteiger partial charge < -0.3 is 9.47 Å². The number of carbonyl (C=O) groups excluding carboxylic acids is 2. The summed E-state index contributed by atoms with van der Waals surface area (Å²) in [6, 6.07) is 6.37. The van der Waals surface area contributed by atoms with Gasteiger partial charge in [-0.2, -0.15) is 5.10 Å². The van der Waals surface area contributed by atoms with Crippen LogP contribution in [-0.4, -0.2) is 56.8 Å². The van der Waals surface area contributed by atoms with Crippen molar-refractivity contribution in [2.75, 3.05) is 25.1 Å². The lowest BCUT2D eigenvalue weighted by atomic mass is 9.79. The fourth-order valence-corrected chi connectivity index (χ4v) is 3.72. The average molecular weight is 465 g/mol. The fraction of sp³-hybridized carbons (Fsp3) is 0.375. The van der Waals surface area contributed by atoms with Gasteiger partial charge in [-0.1, -0.05) is 6.92 Å². The standard InChI is InChI=1S/C24H28N6O4/c1-24(7-11-33-12-8-24)6-10-30(17-31)23(32)28-22-4-3-20(15-26-22)34-19-5-9-25-21(13-19)18-14-27-29(2)16-18/h3-5,9,13-17H,6-8,10-12H2,1-2H3,(H,26,28,32). The van der Waals surface area contributed by atoms with Crippen molar-refractivity contribution in [1.29, 1.82) is 0 Å². The zero-order valence-electron chi connectivity index (χ0n) is 19.3. The van der Waals surface area contributed by atoms with Crippen LogP contribution in [0.4, 0.5) is 10.6 Å². The highest BCUT2D eigenvalue weighted by Crippen LogP contribution is 2.33. The van der Waals surface area contributed by atoms with Gasteiger partial charge in [-0.05, 0) is 42.9 Å². The number of aromatic nitrogens is 4. The van der Waals surface area contributed by atoms with E-state index in [1.54, 1.807) is 35.3 Å². The normalized spacial score (nSPS) is 14.9. The highest BCUT2D eigenvalue weighted by atomic mass is 16.5. The molecule has 0 aromatic carbocycles. The molecule has 3 aromatic heterocycles. The van der Waals surface area contributed by atoms with Crippen LogP contribution in [0, 0.1) is 5.41 Å². The molecule has 0 radical (unpaired) electrons. The quantitative estimate of drug-likeness (QED) is 0.504. The van der Waals surface area contributed by atoms with Crippen molar-refractivity contribution in [1.82, 2.24) is 24.6 Å². The van der Waals surface area contributed by atoms with Crippen LogP contribution in [0.15, 0.2) is 49.1 Å². The third-order valence-corrected chi connectivity index (χ3v) is 5.98. The second kappa shape index (κ2) is 10.4. The first-order valence-corrected chi connectivity index (χ1v) is 11.1. The van der Waals surface area contributed by atoms with Gasteiger partial charge in [-0.15, -0.1) is 0 Å². The number of nitrogens with zero attached hydrogens (tertiary/aromatic N) is 5. The zero-order chi connectivity index (χ0) is 24.0. The predicted octanol–water partition coefficient (Wildman–Crippen LogP) is 3.87. The molecule has 0 saturated carbocycles. The smallest absolute Gasteiger partial charge is 0.329 e. The number of carbonyl (C=O) groups is 2. The molecule has 1 fully saturated rings. The number of rotatable bonds is 8. The molecule has 0 atom stereocenters. The number of imide groups is 1. The minimum atomic E-state index is -0.512. The molecular weight excluding hydrogens is 436 g/mol. The lowest BCUT2D eigenvalue weighted by molar-refractivity contribution is -0.115. The van der Waals surface area contributed by atoms with Crippen molar-refractivity contribution in [2.24, 2.45) is 12.5 Å². The molecule has 1 saturated heterocycles. The molecule has 34 heavy (non-hydrogen) atoms. The Hall–Kier alpha value is -3.79. The van der Waals surface area contributed by atoms with E-state index in [4.69, 9.17) is 9.47 Å². The van der Waals surface area contributed by atoms with Gasteiger partial charge in [0.05, 0.1) is 18.1 Å². The van der Waals surface area contributed by atoms with Crippen molar-refractivity contribution >= 4 is 18.3 Å². The van der Waals surface area contributed by atoms with E-state index in [0.717, 1.165) is 35.4 Å². The Morgan fingerprint density at radius 2 is 2.06 bits per heavy atom. The third-order valence-electron chi connectivity index (χ3n) is 5.98. The summed E-state index contributed by atoms with van der Waals surface area (Å²) in [5, 5.41) is 6.82. The van der Waals surface area contributed by atoms with Crippen molar-refractivity contribution in [3.05, 3.63) is 49.1 Å². The number of ether oxygens (including phenoxy) is 2. The summed E-state index contributed by atoms with van der Waals surface area (Å²) in [5.74, 6) is 1.43. The molecule has 1 aliphatic heterocycles. The predicted molar refractivity (Wildman–Crippen MR) is 125 cm³/mol. The van der Waals surface area contributed by atoms with Crippen LogP contribution in [0.1, 0.15) is 26.2 Å². The first-order chi connectivity index (χ1) is 16.4. The van der Waals surface area contributed by atoms with Gasteiger partial charge in [0.15, 0.2) is 0 Å². The van der Waals surface area contributed by atoms with E-state index in [1.165, 1.54) is 6.20 Å². The molecule has 0 unspecified atom stereocenters. The maximum atomic E-state index is 12.5. The van der Waals surface area contributed by atoms with Crippen LogP contribution >= 0.6 is 0 Å². The number of anilines is 1. The van der Waals surface area contributed by atoms with Crippen LogP contribution in [0.3, 0.4) is 0 Å². The van der Waals surface area contributed by atoms with Gasteiger partial charge in [0.1, 0.15) is 17.3 Å². The lowest BCUT2D eigenvalue weighted by Crippen LogP contribution is -2.38. The van der Waals surface area contributed by atoms with E-state index in [1.807, 2.05) is 19.3 Å². The third kappa shape index (κ3) is 5.96. The van der Waals surface area contributed by atoms with Gasteiger partial charge in [0, 0.05) is 50.8 Å². The van der Waals surface area contributed by atoms with Crippen molar-refractivity contribution in [2.45, 2.75) is 26.2 Å². The molecule has 3 amide bonds. The number of pyridine rings is 2. The number of urea groups is 1. The molecule has 0 aliphatic carbocycles. The summed E-state index contributed by atoms with van der Waals surface area (Å²) in [5.41, 5.74) is 1.70. The largest absolute Gasteiger partial charge is 0.456 e. The summed E-state index contributed by atoms with van der Waals surface area (Å²) in [7, 11) is 1.84.